The molecule has 36 heavy (non-hydrogen) atoms. The van der Waals surface area contributed by atoms with Crippen molar-refractivity contribution in [3.63, 3.8) is 0 Å². The van der Waals surface area contributed by atoms with Crippen LogP contribution >= 0.6 is 7.82 Å². The molecule has 0 fully saturated rings. The number of hydrogen-bond donors (Lipinski definition) is 3. The zero-order valence-corrected chi connectivity index (χ0v) is 21.8. The molecule has 0 unspecified atom stereocenters. The highest BCUT2D eigenvalue weighted by Gasteiger charge is 2.34. The molecule has 11 nitrogen and oxygen atoms in total. The first-order chi connectivity index (χ1) is 16.8. The number of anilines is 1. The molecule has 2 heterocycles. The molecule has 1 aliphatic heterocycles. The number of amides is 1. The largest absolute Gasteiger partial charge is 0.469 e. The maximum Gasteiger partial charge on any atom is 0.469 e. The molecule has 1 amide bonds. The lowest BCUT2D eigenvalue weighted by atomic mass is 10.00. The molecule has 0 bridgehead atoms. The van der Waals surface area contributed by atoms with Crippen molar-refractivity contribution in [2.45, 2.75) is 26.1 Å². The molecule has 1 aromatic heterocycles. The van der Waals surface area contributed by atoms with Crippen LogP contribution in [0.15, 0.2) is 40.8 Å². The van der Waals surface area contributed by atoms with E-state index in [1.165, 1.54) is 7.05 Å². The predicted molar refractivity (Wildman–Crippen MR) is 133 cm³/mol. The monoisotopic (exact) mass is 538 g/mol. The average molecular weight is 539 g/mol. The van der Waals surface area contributed by atoms with Crippen LogP contribution < -0.4 is 9.62 Å². The molecule has 0 saturated carbocycles. The zero-order valence-electron chi connectivity index (χ0n) is 20.1. The highest BCUT2D eigenvalue weighted by Crippen LogP contribution is 2.43. The second-order valence-electron chi connectivity index (χ2n) is 8.64. The number of carbonyl (C=O) groups excluding carboxylic acids is 1. The van der Waals surface area contributed by atoms with Crippen LogP contribution in [0.1, 0.15) is 34.5 Å². The Labute approximate surface area is 208 Å². The van der Waals surface area contributed by atoms with Gasteiger partial charge in [-0.2, -0.15) is 0 Å². The molecule has 0 saturated heterocycles. The summed E-state index contributed by atoms with van der Waals surface area (Å²) in [5.74, 6) is -0.0312. The number of carbonyl (C=O) groups is 1. The summed E-state index contributed by atoms with van der Waals surface area (Å²) >= 11 is 0. The third-order valence-corrected chi connectivity index (χ3v) is 7.54. The van der Waals surface area contributed by atoms with Gasteiger partial charge in [0.05, 0.1) is 36.8 Å². The Morgan fingerprint density at radius 2 is 1.92 bits per heavy atom. The normalized spacial score (nSPS) is 18.7. The fraction of sp³-hybridized carbons (Fsp3) is 0.348. The maximum atomic E-state index is 12.9. The Morgan fingerprint density at radius 3 is 2.50 bits per heavy atom. The first-order valence-corrected chi connectivity index (χ1v) is 14.4. The smallest absolute Gasteiger partial charge is 0.455 e. The second-order valence-corrected chi connectivity index (χ2v) is 11.8. The number of hydrogen-bond acceptors (Lipinski definition) is 7. The molecular weight excluding hydrogens is 511 g/mol. The van der Waals surface area contributed by atoms with E-state index in [1.54, 1.807) is 19.1 Å². The Hall–Kier alpha value is -2.73. The van der Waals surface area contributed by atoms with E-state index in [0.717, 1.165) is 16.1 Å². The summed E-state index contributed by atoms with van der Waals surface area (Å²) in [5, 5.41) is 3.10. The predicted octanol–water partition coefficient (Wildman–Crippen LogP) is 3.10. The number of aryl methyl sites for hydroxylation is 1. The van der Waals surface area contributed by atoms with Crippen molar-refractivity contribution in [3.05, 3.63) is 53.1 Å². The van der Waals surface area contributed by atoms with Gasteiger partial charge in [0.25, 0.3) is 5.91 Å². The molecule has 0 spiro atoms. The quantitative estimate of drug-likeness (QED) is 0.401. The van der Waals surface area contributed by atoms with E-state index in [4.69, 9.17) is 18.9 Å². The summed E-state index contributed by atoms with van der Waals surface area (Å²) in [6, 6.07) is 10.7. The van der Waals surface area contributed by atoms with Crippen molar-refractivity contribution in [2.24, 2.45) is 0 Å². The van der Waals surface area contributed by atoms with E-state index in [0.29, 0.717) is 33.4 Å². The molecule has 2 atom stereocenters. The highest BCUT2D eigenvalue weighted by molar-refractivity contribution is 7.92. The number of furan rings is 1. The number of nitrogens with one attached hydrogen (secondary N) is 1. The fourth-order valence-electron chi connectivity index (χ4n) is 4.22. The SMILES string of the molecule is CNC(=O)c1c(-c2ccc(C)cc2)oc2cc3c(cc12)[C@H](C)O[C@H](COP(=O)(O)O)CN3S(C)(=O)=O. The zero-order chi connectivity index (χ0) is 26.4. The molecule has 0 radical (unpaired) electrons. The number of benzene rings is 2. The minimum atomic E-state index is -4.79. The van der Waals surface area contributed by atoms with Gasteiger partial charge in [0.1, 0.15) is 17.4 Å². The molecule has 194 valence electrons. The summed E-state index contributed by atoms with van der Waals surface area (Å²) < 4.78 is 54.4. The lowest BCUT2D eigenvalue weighted by Gasteiger charge is -2.24. The number of rotatable bonds is 6. The molecular formula is C23H27N2O9PS. The lowest BCUT2D eigenvalue weighted by molar-refractivity contribution is -0.0224. The fourth-order valence-corrected chi connectivity index (χ4v) is 5.54. The van der Waals surface area contributed by atoms with E-state index in [2.05, 4.69) is 9.84 Å². The van der Waals surface area contributed by atoms with Crippen LogP contribution in [-0.4, -0.2) is 56.7 Å². The lowest BCUT2D eigenvalue weighted by Crippen LogP contribution is -2.38. The molecule has 4 rings (SSSR count). The van der Waals surface area contributed by atoms with Crippen LogP contribution in [0.2, 0.25) is 0 Å². The van der Waals surface area contributed by atoms with Gasteiger partial charge in [0.2, 0.25) is 10.0 Å². The van der Waals surface area contributed by atoms with Crippen LogP contribution in [0.3, 0.4) is 0 Å². The Bertz CT molecular complexity index is 1460. The van der Waals surface area contributed by atoms with Gasteiger partial charge >= 0.3 is 7.82 Å². The van der Waals surface area contributed by atoms with E-state index in [-0.39, 0.29) is 18.1 Å². The van der Waals surface area contributed by atoms with Gasteiger partial charge in [-0.05, 0) is 19.9 Å². The molecule has 2 aromatic carbocycles. The third-order valence-electron chi connectivity index (χ3n) is 5.91. The van der Waals surface area contributed by atoms with Gasteiger partial charge in [-0.15, -0.1) is 0 Å². The van der Waals surface area contributed by atoms with Crippen molar-refractivity contribution >= 4 is 40.4 Å². The van der Waals surface area contributed by atoms with Crippen LogP contribution in [-0.2, 0) is 23.8 Å². The first kappa shape index (κ1) is 26.3. The van der Waals surface area contributed by atoms with Gasteiger partial charge in [-0.1, -0.05) is 29.8 Å². The van der Waals surface area contributed by atoms with Crippen molar-refractivity contribution in [3.8, 4) is 11.3 Å². The van der Waals surface area contributed by atoms with Crippen molar-refractivity contribution in [2.75, 3.05) is 30.8 Å². The van der Waals surface area contributed by atoms with E-state index >= 15 is 0 Å². The summed E-state index contributed by atoms with van der Waals surface area (Å²) in [4.78, 5) is 31.1. The van der Waals surface area contributed by atoms with Gasteiger partial charge in [0, 0.05) is 29.6 Å². The second kappa shape index (κ2) is 9.62. The Balaban J connectivity index is 1.90. The summed E-state index contributed by atoms with van der Waals surface area (Å²) in [5.41, 5.74) is 3.06. The van der Waals surface area contributed by atoms with E-state index in [9.17, 15) is 17.8 Å². The number of fused-ring (bicyclic) bond motifs is 2. The van der Waals surface area contributed by atoms with Crippen molar-refractivity contribution in [1.29, 1.82) is 0 Å². The molecule has 3 N–H and O–H groups in total. The molecule has 0 aliphatic carbocycles. The van der Waals surface area contributed by atoms with E-state index < -0.39 is 36.7 Å². The standard InChI is InChI=1S/C23H27N2O9PS/c1-13-5-7-15(8-6-13)22-21(23(26)24-3)18-9-17-14(2)33-16(12-32-35(27,28)29)11-25(36(4,30)31)19(17)10-20(18)34-22/h5-10,14,16H,11-12H2,1-4H3,(H,24,26)(H2,27,28,29)/t14-,16-/m0/s1. The maximum absolute atomic E-state index is 12.9. The number of nitrogens with zero attached hydrogens (tertiary/aromatic N) is 1. The molecule has 13 heteroatoms. The topological polar surface area (TPSA) is 156 Å². The minimum Gasteiger partial charge on any atom is -0.455 e. The van der Waals surface area contributed by atoms with E-state index in [1.807, 2.05) is 31.2 Å². The minimum absolute atomic E-state index is 0.241. The first-order valence-electron chi connectivity index (χ1n) is 11.0. The van der Waals surface area contributed by atoms with Gasteiger partial charge in [-0.25, -0.2) is 13.0 Å². The van der Waals surface area contributed by atoms with Gasteiger partial charge in [0.15, 0.2) is 0 Å². The number of sulfonamides is 1. The van der Waals surface area contributed by atoms with Crippen LogP contribution in [0, 0.1) is 6.92 Å². The van der Waals surface area contributed by atoms with Crippen LogP contribution in [0.5, 0.6) is 0 Å². The average Bonchev–Trinajstić information content (AvgIpc) is 3.09. The number of ether oxygens (including phenoxy) is 1. The van der Waals surface area contributed by atoms with Crippen LogP contribution in [0.4, 0.5) is 5.69 Å². The Morgan fingerprint density at radius 1 is 1.25 bits per heavy atom. The van der Waals surface area contributed by atoms with Crippen LogP contribution in [0.25, 0.3) is 22.3 Å². The van der Waals surface area contributed by atoms with Crippen molar-refractivity contribution < 1.29 is 41.2 Å². The summed E-state index contributed by atoms with van der Waals surface area (Å²) in [6.07, 6.45) is -0.646. The molecule has 1 aliphatic rings. The van der Waals surface area contributed by atoms with Gasteiger partial charge in [-0.3, -0.25) is 13.6 Å². The number of phosphoric acid groups is 1. The summed E-state index contributed by atoms with van der Waals surface area (Å²) in [7, 11) is -7.13. The third kappa shape index (κ3) is 5.34. The summed E-state index contributed by atoms with van der Waals surface area (Å²) in [6.45, 7) is 2.86. The number of phosphoric ester groups is 1. The highest BCUT2D eigenvalue weighted by atomic mass is 32.2. The van der Waals surface area contributed by atoms with Crippen molar-refractivity contribution in [1.82, 2.24) is 5.32 Å². The van der Waals surface area contributed by atoms with Gasteiger partial charge < -0.3 is 24.3 Å². The molecule has 3 aromatic rings. The Kier molecular flexibility index (Phi) is 7.04.